The SMILES string of the molecule is CC(C)COc1ccccc1CNC(=O)CCc1ccccc1N. The van der Waals surface area contributed by atoms with Gasteiger partial charge >= 0.3 is 0 Å². The van der Waals surface area contributed by atoms with Crippen LogP contribution in [0.15, 0.2) is 48.5 Å². The minimum absolute atomic E-state index is 0.0110. The summed E-state index contributed by atoms with van der Waals surface area (Å²) in [5.41, 5.74) is 8.63. The molecule has 0 saturated heterocycles. The summed E-state index contributed by atoms with van der Waals surface area (Å²) in [6.07, 6.45) is 1.06. The molecule has 3 N–H and O–H groups in total. The first-order chi connectivity index (χ1) is 11.6. The van der Waals surface area contributed by atoms with Crippen LogP contribution in [0.1, 0.15) is 31.4 Å². The number of benzene rings is 2. The van der Waals surface area contributed by atoms with Gasteiger partial charge in [0, 0.05) is 24.2 Å². The summed E-state index contributed by atoms with van der Waals surface area (Å²) in [7, 11) is 0. The first-order valence-corrected chi connectivity index (χ1v) is 8.37. The molecule has 0 saturated carbocycles. The van der Waals surface area contributed by atoms with Crippen LogP contribution in [0.5, 0.6) is 5.75 Å². The van der Waals surface area contributed by atoms with E-state index in [0.717, 1.165) is 22.6 Å². The number of ether oxygens (including phenoxy) is 1. The predicted molar refractivity (Wildman–Crippen MR) is 97.8 cm³/mol. The fraction of sp³-hybridized carbons (Fsp3) is 0.350. The molecule has 0 aliphatic rings. The van der Waals surface area contributed by atoms with Crippen LogP contribution in [0.3, 0.4) is 0 Å². The van der Waals surface area contributed by atoms with Crippen molar-refractivity contribution in [2.45, 2.75) is 33.2 Å². The van der Waals surface area contributed by atoms with Gasteiger partial charge in [-0.05, 0) is 30.0 Å². The Morgan fingerprint density at radius 1 is 1.08 bits per heavy atom. The van der Waals surface area contributed by atoms with Crippen molar-refractivity contribution in [1.82, 2.24) is 5.32 Å². The number of hydrogen-bond donors (Lipinski definition) is 2. The summed E-state index contributed by atoms with van der Waals surface area (Å²) in [6.45, 7) is 5.36. The number of para-hydroxylation sites is 2. The molecule has 128 valence electrons. The largest absolute Gasteiger partial charge is 0.493 e. The first-order valence-electron chi connectivity index (χ1n) is 8.37. The zero-order valence-electron chi connectivity index (χ0n) is 14.4. The lowest BCUT2D eigenvalue weighted by Crippen LogP contribution is -2.23. The molecule has 0 aliphatic carbocycles. The minimum atomic E-state index is 0.0110. The van der Waals surface area contributed by atoms with E-state index in [1.54, 1.807) is 0 Å². The van der Waals surface area contributed by atoms with E-state index in [4.69, 9.17) is 10.5 Å². The van der Waals surface area contributed by atoms with Crippen LogP contribution in [0.4, 0.5) is 5.69 Å². The number of amides is 1. The number of rotatable bonds is 8. The van der Waals surface area contributed by atoms with Crippen molar-refractivity contribution < 1.29 is 9.53 Å². The van der Waals surface area contributed by atoms with Gasteiger partial charge < -0.3 is 15.8 Å². The van der Waals surface area contributed by atoms with E-state index in [1.165, 1.54) is 0 Å². The molecule has 0 spiro atoms. The van der Waals surface area contributed by atoms with Gasteiger partial charge in [-0.1, -0.05) is 50.2 Å². The molecule has 2 aromatic rings. The standard InChI is InChI=1S/C20H26N2O2/c1-15(2)14-24-19-10-6-4-8-17(19)13-22-20(23)12-11-16-7-3-5-9-18(16)21/h3-10,15H,11-14,21H2,1-2H3,(H,22,23). The normalized spacial score (nSPS) is 10.6. The van der Waals surface area contributed by atoms with Crippen molar-refractivity contribution in [3.8, 4) is 5.75 Å². The minimum Gasteiger partial charge on any atom is -0.493 e. The summed E-state index contributed by atoms with van der Waals surface area (Å²) in [5, 5.41) is 2.96. The molecule has 0 atom stereocenters. The van der Waals surface area contributed by atoms with Gasteiger partial charge in [-0.15, -0.1) is 0 Å². The van der Waals surface area contributed by atoms with Gasteiger partial charge in [0.25, 0.3) is 0 Å². The molecule has 4 heteroatoms. The third-order valence-electron chi connectivity index (χ3n) is 3.70. The number of hydrogen-bond acceptors (Lipinski definition) is 3. The number of nitrogens with two attached hydrogens (primary N) is 1. The van der Waals surface area contributed by atoms with Crippen LogP contribution in [0.2, 0.25) is 0 Å². The second-order valence-corrected chi connectivity index (χ2v) is 6.29. The Kier molecular flexibility index (Phi) is 6.67. The molecule has 0 heterocycles. The maximum atomic E-state index is 12.1. The molecule has 2 aromatic carbocycles. The van der Waals surface area contributed by atoms with Crippen molar-refractivity contribution in [1.29, 1.82) is 0 Å². The predicted octanol–water partition coefficient (Wildman–Crippen LogP) is 3.55. The number of nitrogen functional groups attached to an aromatic ring is 1. The summed E-state index contributed by atoms with van der Waals surface area (Å²) in [4.78, 5) is 12.1. The van der Waals surface area contributed by atoms with E-state index < -0.39 is 0 Å². The first kappa shape index (κ1) is 17.9. The van der Waals surface area contributed by atoms with Crippen molar-refractivity contribution in [3.63, 3.8) is 0 Å². The van der Waals surface area contributed by atoms with Crippen LogP contribution < -0.4 is 15.8 Å². The van der Waals surface area contributed by atoms with E-state index >= 15 is 0 Å². The maximum Gasteiger partial charge on any atom is 0.220 e. The number of aryl methyl sites for hydroxylation is 1. The molecule has 24 heavy (non-hydrogen) atoms. The Morgan fingerprint density at radius 2 is 1.75 bits per heavy atom. The van der Waals surface area contributed by atoms with E-state index in [0.29, 0.717) is 31.9 Å². The van der Waals surface area contributed by atoms with Crippen molar-refractivity contribution in [3.05, 3.63) is 59.7 Å². The van der Waals surface area contributed by atoms with Gasteiger partial charge in [0.1, 0.15) is 5.75 Å². The van der Waals surface area contributed by atoms with E-state index in [9.17, 15) is 4.79 Å². The highest BCUT2D eigenvalue weighted by Gasteiger charge is 2.08. The van der Waals surface area contributed by atoms with Gasteiger partial charge in [-0.3, -0.25) is 4.79 Å². The zero-order valence-corrected chi connectivity index (χ0v) is 14.4. The lowest BCUT2D eigenvalue weighted by molar-refractivity contribution is -0.121. The lowest BCUT2D eigenvalue weighted by atomic mass is 10.1. The van der Waals surface area contributed by atoms with Crippen molar-refractivity contribution in [2.75, 3.05) is 12.3 Å². The van der Waals surface area contributed by atoms with E-state index in [1.807, 2.05) is 48.5 Å². The second kappa shape index (κ2) is 8.96. The quantitative estimate of drug-likeness (QED) is 0.729. The van der Waals surface area contributed by atoms with E-state index in [2.05, 4.69) is 19.2 Å². The van der Waals surface area contributed by atoms with Crippen molar-refractivity contribution in [2.24, 2.45) is 5.92 Å². The summed E-state index contributed by atoms with van der Waals surface area (Å²) in [6, 6.07) is 15.5. The molecule has 0 bridgehead atoms. The Labute approximate surface area is 144 Å². The average Bonchev–Trinajstić information content (AvgIpc) is 2.58. The molecular weight excluding hydrogens is 300 g/mol. The lowest BCUT2D eigenvalue weighted by Gasteiger charge is -2.13. The molecule has 0 aliphatic heterocycles. The summed E-state index contributed by atoms with van der Waals surface area (Å²) < 4.78 is 5.81. The molecular formula is C20H26N2O2. The monoisotopic (exact) mass is 326 g/mol. The smallest absolute Gasteiger partial charge is 0.220 e. The zero-order chi connectivity index (χ0) is 17.4. The number of anilines is 1. The number of carbonyl (C=O) groups is 1. The van der Waals surface area contributed by atoms with Crippen molar-refractivity contribution >= 4 is 11.6 Å². The summed E-state index contributed by atoms with van der Waals surface area (Å²) >= 11 is 0. The highest BCUT2D eigenvalue weighted by atomic mass is 16.5. The summed E-state index contributed by atoms with van der Waals surface area (Å²) in [5.74, 6) is 1.31. The molecule has 0 unspecified atom stereocenters. The van der Waals surface area contributed by atoms with Gasteiger partial charge in [0.05, 0.1) is 6.61 Å². The fourth-order valence-electron chi connectivity index (χ4n) is 2.34. The fourth-order valence-corrected chi connectivity index (χ4v) is 2.34. The highest BCUT2D eigenvalue weighted by Crippen LogP contribution is 2.18. The average molecular weight is 326 g/mol. The van der Waals surface area contributed by atoms with Crippen LogP contribution in [0.25, 0.3) is 0 Å². The van der Waals surface area contributed by atoms with Gasteiger partial charge in [-0.25, -0.2) is 0 Å². The van der Waals surface area contributed by atoms with Crippen LogP contribution in [-0.4, -0.2) is 12.5 Å². The van der Waals surface area contributed by atoms with Gasteiger partial charge in [-0.2, -0.15) is 0 Å². The maximum absolute atomic E-state index is 12.1. The van der Waals surface area contributed by atoms with Crippen LogP contribution in [0, 0.1) is 5.92 Å². The second-order valence-electron chi connectivity index (χ2n) is 6.29. The molecule has 4 nitrogen and oxygen atoms in total. The molecule has 2 rings (SSSR count). The molecule has 1 amide bonds. The van der Waals surface area contributed by atoms with Crippen LogP contribution in [-0.2, 0) is 17.8 Å². The number of nitrogens with one attached hydrogen (secondary N) is 1. The third kappa shape index (κ3) is 5.61. The Balaban J connectivity index is 1.84. The Hall–Kier alpha value is -2.49. The third-order valence-corrected chi connectivity index (χ3v) is 3.70. The highest BCUT2D eigenvalue weighted by molar-refractivity contribution is 5.76. The Bertz CT molecular complexity index is 668. The van der Waals surface area contributed by atoms with Gasteiger partial charge in [0.15, 0.2) is 0 Å². The van der Waals surface area contributed by atoms with Crippen LogP contribution >= 0.6 is 0 Å². The number of carbonyl (C=O) groups excluding carboxylic acids is 1. The molecule has 0 fully saturated rings. The molecule has 0 aromatic heterocycles. The Morgan fingerprint density at radius 3 is 2.46 bits per heavy atom. The topological polar surface area (TPSA) is 64.3 Å². The van der Waals surface area contributed by atoms with Gasteiger partial charge in [0.2, 0.25) is 5.91 Å². The van der Waals surface area contributed by atoms with E-state index in [-0.39, 0.29) is 5.91 Å². The molecule has 0 radical (unpaired) electrons.